The topological polar surface area (TPSA) is 105 Å². The number of hydrogen-bond acceptors (Lipinski definition) is 5. The highest BCUT2D eigenvalue weighted by atomic mass is 32.2. The van der Waals surface area contributed by atoms with E-state index in [2.05, 4.69) is 9.71 Å². The van der Waals surface area contributed by atoms with Crippen LogP contribution in [0.15, 0.2) is 9.00 Å². The minimum Gasteiger partial charge on any atom is -0.328 e. The number of aromatic amines is 1. The standard InChI is InChI=1S/C10H17N3O3S2/c1-6-9(17-10(14)12-6)18(15,16)13-8-4-2-7(11)3-5-8/h7-8,13H,2-5,11H2,1H3,(H,12,14). The number of nitrogens with two attached hydrogens (primary N) is 1. The van der Waals surface area contributed by atoms with Gasteiger partial charge in [-0.2, -0.15) is 0 Å². The second kappa shape index (κ2) is 5.12. The molecular weight excluding hydrogens is 274 g/mol. The summed E-state index contributed by atoms with van der Waals surface area (Å²) < 4.78 is 27.0. The number of thiazole rings is 1. The van der Waals surface area contributed by atoms with Gasteiger partial charge in [0, 0.05) is 17.8 Å². The molecular formula is C10H17N3O3S2. The molecule has 0 saturated heterocycles. The lowest BCUT2D eigenvalue weighted by atomic mass is 9.93. The van der Waals surface area contributed by atoms with Gasteiger partial charge in [-0.3, -0.25) is 4.79 Å². The van der Waals surface area contributed by atoms with Crippen LogP contribution in [0.3, 0.4) is 0 Å². The lowest BCUT2D eigenvalue weighted by Crippen LogP contribution is -2.40. The summed E-state index contributed by atoms with van der Waals surface area (Å²) in [6.45, 7) is 1.59. The highest BCUT2D eigenvalue weighted by Gasteiger charge is 2.26. The highest BCUT2D eigenvalue weighted by molar-refractivity contribution is 7.91. The third-order valence-corrected chi connectivity index (χ3v) is 6.24. The fraction of sp³-hybridized carbons (Fsp3) is 0.700. The van der Waals surface area contributed by atoms with E-state index in [-0.39, 0.29) is 21.2 Å². The number of aryl methyl sites for hydroxylation is 1. The zero-order valence-electron chi connectivity index (χ0n) is 10.1. The van der Waals surface area contributed by atoms with Crippen LogP contribution in [0, 0.1) is 6.92 Å². The molecule has 0 amide bonds. The molecule has 0 spiro atoms. The van der Waals surface area contributed by atoms with E-state index in [4.69, 9.17) is 5.73 Å². The zero-order chi connectivity index (χ0) is 13.3. The van der Waals surface area contributed by atoms with Gasteiger partial charge in [-0.1, -0.05) is 11.3 Å². The van der Waals surface area contributed by atoms with Gasteiger partial charge in [-0.25, -0.2) is 13.1 Å². The molecule has 1 fully saturated rings. The van der Waals surface area contributed by atoms with Crippen molar-refractivity contribution in [3.63, 3.8) is 0 Å². The average Bonchev–Trinajstić information content (AvgIpc) is 2.62. The molecule has 2 rings (SSSR count). The number of aromatic nitrogens is 1. The molecule has 1 aromatic rings. The Morgan fingerprint density at radius 2 is 1.94 bits per heavy atom. The molecule has 0 unspecified atom stereocenters. The van der Waals surface area contributed by atoms with Crippen molar-refractivity contribution in [3.8, 4) is 0 Å². The van der Waals surface area contributed by atoms with Crippen molar-refractivity contribution in [2.75, 3.05) is 0 Å². The van der Waals surface area contributed by atoms with Crippen molar-refractivity contribution >= 4 is 21.4 Å². The molecule has 0 aliphatic heterocycles. The molecule has 0 aromatic carbocycles. The monoisotopic (exact) mass is 291 g/mol. The molecule has 102 valence electrons. The Morgan fingerprint density at radius 1 is 1.33 bits per heavy atom. The van der Waals surface area contributed by atoms with Crippen molar-refractivity contribution in [1.29, 1.82) is 0 Å². The van der Waals surface area contributed by atoms with Gasteiger partial charge in [0.25, 0.3) is 10.0 Å². The van der Waals surface area contributed by atoms with Crippen LogP contribution in [-0.4, -0.2) is 25.5 Å². The second-order valence-electron chi connectivity index (χ2n) is 4.66. The van der Waals surface area contributed by atoms with E-state index in [1.807, 2.05) is 0 Å². The van der Waals surface area contributed by atoms with Crippen LogP contribution in [-0.2, 0) is 10.0 Å². The number of rotatable bonds is 3. The Morgan fingerprint density at radius 3 is 2.44 bits per heavy atom. The van der Waals surface area contributed by atoms with Crippen LogP contribution >= 0.6 is 11.3 Å². The van der Waals surface area contributed by atoms with Crippen LogP contribution in [0.2, 0.25) is 0 Å². The third-order valence-electron chi connectivity index (χ3n) is 3.12. The van der Waals surface area contributed by atoms with Gasteiger partial charge < -0.3 is 10.7 Å². The van der Waals surface area contributed by atoms with Crippen LogP contribution in [0.5, 0.6) is 0 Å². The second-order valence-corrected chi connectivity index (χ2v) is 7.55. The highest BCUT2D eigenvalue weighted by Crippen LogP contribution is 2.21. The largest absolute Gasteiger partial charge is 0.328 e. The quantitative estimate of drug-likeness (QED) is 0.744. The summed E-state index contributed by atoms with van der Waals surface area (Å²) in [5.74, 6) is 0. The summed E-state index contributed by atoms with van der Waals surface area (Å²) in [6, 6.07) is 0.0993. The first-order valence-corrected chi connectivity index (χ1v) is 8.16. The first-order chi connectivity index (χ1) is 8.38. The first-order valence-electron chi connectivity index (χ1n) is 5.86. The predicted octanol–water partition coefficient (Wildman–Crippen LogP) is 0.293. The molecule has 18 heavy (non-hydrogen) atoms. The number of sulfonamides is 1. The van der Waals surface area contributed by atoms with Gasteiger partial charge in [-0.05, 0) is 32.6 Å². The van der Waals surface area contributed by atoms with Crippen LogP contribution in [0.1, 0.15) is 31.4 Å². The maximum Gasteiger partial charge on any atom is 0.305 e. The minimum absolute atomic E-state index is 0.0774. The molecule has 0 bridgehead atoms. The fourth-order valence-corrected chi connectivity index (χ4v) is 4.78. The predicted molar refractivity (Wildman–Crippen MR) is 70.2 cm³/mol. The Kier molecular flexibility index (Phi) is 3.90. The summed E-state index contributed by atoms with van der Waals surface area (Å²) >= 11 is 0.724. The van der Waals surface area contributed by atoms with E-state index in [1.54, 1.807) is 6.92 Å². The Bertz CT molecular complexity index is 567. The van der Waals surface area contributed by atoms with Gasteiger partial charge in [0.1, 0.15) is 0 Å². The van der Waals surface area contributed by atoms with Crippen LogP contribution < -0.4 is 15.3 Å². The summed E-state index contributed by atoms with van der Waals surface area (Å²) in [5.41, 5.74) is 6.17. The zero-order valence-corrected chi connectivity index (χ0v) is 11.7. The van der Waals surface area contributed by atoms with Crippen LogP contribution in [0.4, 0.5) is 0 Å². The Hall–Kier alpha value is -0.700. The van der Waals surface area contributed by atoms with Crippen molar-refractivity contribution in [2.45, 2.75) is 48.9 Å². The van der Waals surface area contributed by atoms with Crippen molar-refractivity contribution < 1.29 is 8.42 Å². The molecule has 1 aromatic heterocycles. The number of H-pyrrole nitrogens is 1. The summed E-state index contributed by atoms with van der Waals surface area (Å²) in [7, 11) is -3.59. The van der Waals surface area contributed by atoms with Gasteiger partial charge >= 0.3 is 4.87 Å². The van der Waals surface area contributed by atoms with E-state index in [0.29, 0.717) is 5.69 Å². The van der Waals surface area contributed by atoms with E-state index in [9.17, 15) is 13.2 Å². The van der Waals surface area contributed by atoms with Gasteiger partial charge in [0.15, 0.2) is 4.21 Å². The third kappa shape index (κ3) is 3.00. The SMILES string of the molecule is Cc1[nH]c(=O)sc1S(=O)(=O)NC1CCC(N)CC1. The molecule has 6 nitrogen and oxygen atoms in total. The summed E-state index contributed by atoms with van der Waals surface area (Å²) in [5, 5.41) is 0. The Labute approximate surface area is 110 Å². The molecule has 8 heteroatoms. The summed E-state index contributed by atoms with van der Waals surface area (Å²) in [4.78, 5) is 13.3. The van der Waals surface area contributed by atoms with Gasteiger partial charge in [0.05, 0.1) is 0 Å². The maximum atomic E-state index is 12.1. The van der Waals surface area contributed by atoms with E-state index in [1.165, 1.54) is 0 Å². The van der Waals surface area contributed by atoms with Crippen molar-refractivity contribution in [2.24, 2.45) is 5.73 Å². The van der Waals surface area contributed by atoms with E-state index < -0.39 is 10.0 Å². The fourth-order valence-electron chi connectivity index (χ4n) is 2.16. The first kappa shape index (κ1) is 13.7. The van der Waals surface area contributed by atoms with Gasteiger partial charge in [-0.15, -0.1) is 0 Å². The smallest absolute Gasteiger partial charge is 0.305 e. The van der Waals surface area contributed by atoms with Gasteiger partial charge in [0.2, 0.25) is 0 Å². The molecule has 1 aliphatic rings. The normalized spacial score (nSPS) is 25.2. The minimum atomic E-state index is -3.59. The molecule has 1 heterocycles. The van der Waals surface area contributed by atoms with E-state index >= 15 is 0 Å². The lowest BCUT2D eigenvalue weighted by Gasteiger charge is -2.26. The van der Waals surface area contributed by atoms with Crippen LogP contribution in [0.25, 0.3) is 0 Å². The van der Waals surface area contributed by atoms with E-state index in [0.717, 1.165) is 37.0 Å². The number of nitrogens with one attached hydrogen (secondary N) is 2. The maximum absolute atomic E-state index is 12.1. The molecule has 0 radical (unpaired) electrons. The van der Waals surface area contributed by atoms with Crippen molar-refractivity contribution in [3.05, 3.63) is 15.4 Å². The Balaban J connectivity index is 2.13. The molecule has 1 aliphatic carbocycles. The average molecular weight is 291 g/mol. The summed E-state index contributed by atoms with van der Waals surface area (Å²) in [6.07, 6.45) is 3.16. The molecule has 0 atom stereocenters. The number of hydrogen-bond donors (Lipinski definition) is 3. The lowest BCUT2D eigenvalue weighted by molar-refractivity contribution is 0.373. The molecule has 4 N–H and O–H groups in total. The molecule has 1 saturated carbocycles. The van der Waals surface area contributed by atoms with Crippen molar-refractivity contribution in [1.82, 2.24) is 9.71 Å².